The molecule has 0 radical (unpaired) electrons. The molecule has 4 heteroatoms. The predicted octanol–water partition coefficient (Wildman–Crippen LogP) is 6.91. The van der Waals surface area contributed by atoms with Crippen LogP contribution in [0.4, 0.5) is 0 Å². The van der Waals surface area contributed by atoms with Gasteiger partial charge in [-0.25, -0.2) is 4.98 Å². The number of hydrogen-bond donors (Lipinski definition) is 0. The minimum Gasteiger partial charge on any atom is -0.343 e. The van der Waals surface area contributed by atoms with Gasteiger partial charge in [-0.3, -0.25) is 4.99 Å². The highest BCUT2D eigenvalue weighted by Crippen LogP contribution is 2.43. The quantitative estimate of drug-likeness (QED) is 0.455. The van der Waals surface area contributed by atoms with Crippen LogP contribution in [0.2, 0.25) is 0 Å². The molecule has 0 N–H and O–H groups in total. The summed E-state index contributed by atoms with van der Waals surface area (Å²) in [6.45, 7) is 11.1. The van der Waals surface area contributed by atoms with Gasteiger partial charge in [-0.1, -0.05) is 19.9 Å². The molecule has 2 aliphatic rings. The summed E-state index contributed by atoms with van der Waals surface area (Å²) in [6, 6.07) is 5.76. The van der Waals surface area contributed by atoms with E-state index in [2.05, 4.69) is 74.8 Å². The van der Waals surface area contributed by atoms with Crippen molar-refractivity contribution in [2.75, 3.05) is 0 Å². The number of aromatic nitrogens is 2. The third kappa shape index (κ3) is 3.09. The number of aryl methyl sites for hydroxylation is 3. The second-order valence-electron chi connectivity index (χ2n) is 8.70. The standard InChI is InChI=1S/C25H29N3S/c1-6-19(7-2)28-13-16(5)23-21(28)8-14(3)24(27-23)25-15(4)9-22(29-25)18-10-17-11-20(17)26-12-18/h8-10,12-13,17,19-20H,6-7,11H2,1-5H3. The molecular formula is C25H29N3S. The average molecular weight is 404 g/mol. The third-order valence-electron chi connectivity index (χ3n) is 6.53. The van der Waals surface area contributed by atoms with Gasteiger partial charge in [-0.2, -0.15) is 0 Å². The molecule has 0 spiro atoms. The molecule has 3 nitrogen and oxygen atoms in total. The van der Waals surface area contributed by atoms with Gasteiger partial charge in [0.25, 0.3) is 0 Å². The highest BCUT2D eigenvalue weighted by Gasteiger charge is 2.37. The third-order valence-corrected chi connectivity index (χ3v) is 7.83. The Balaban J connectivity index is 1.60. The number of rotatable bonds is 5. The summed E-state index contributed by atoms with van der Waals surface area (Å²) >= 11 is 1.86. The summed E-state index contributed by atoms with van der Waals surface area (Å²) in [5, 5.41) is 0. The van der Waals surface area contributed by atoms with Crippen LogP contribution in [0.1, 0.15) is 60.7 Å². The second kappa shape index (κ2) is 6.94. The van der Waals surface area contributed by atoms with E-state index in [4.69, 9.17) is 4.98 Å². The van der Waals surface area contributed by atoms with E-state index in [1.807, 2.05) is 11.3 Å². The highest BCUT2D eigenvalue weighted by atomic mass is 32.1. The number of pyridine rings is 1. The van der Waals surface area contributed by atoms with Crippen LogP contribution in [-0.4, -0.2) is 21.8 Å². The van der Waals surface area contributed by atoms with E-state index in [0.717, 1.165) is 24.1 Å². The first kappa shape index (κ1) is 18.8. The first-order valence-electron chi connectivity index (χ1n) is 10.8. The number of hydrogen-bond acceptors (Lipinski definition) is 3. The maximum atomic E-state index is 5.20. The molecule has 4 heterocycles. The van der Waals surface area contributed by atoms with Crippen LogP contribution < -0.4 is 0 Å². The normalized spacial score (nSPS) is 20.4. The van der Waals surface area contributed by atoms with E-state index in [1.54, 1.807) is 0 Å². The van der Waals surface area contributed by atoms with Crippen LogP contribution in [0.15, 0.2) is 29.4 Å². The number of dihydropyridines is 1. The van der Waals surface area contributed by atoms with Crippen LogP contribution in [0.25, 0.3) is 27.2 Å². The van der Waals surface area contributed by atoms with Gasteiger partial charge < -0.3 is 4.57 Å². The first-order valence-corrected chi connectivity index (χ1v) is 11.7. The lowest BCUT2D eigenvalue weighted by atomic mass is 10.1. The zero-order valence-electron chi connectivity index (χ0n) is 18.0. The smallest absolute Gasteiger partial charge is 0.0918 e. The Morgan fingerprint density at radius 2 is 1.90 bits per heavy atom. The Morgan fingerprint density at radius 3 is 2.62 bits per heavy atom. The van der Waals surface area contributed by atoms with Crippen LogP contribution in [-0.2, 0) is 0 Å². The van der Waals surface area contributed by atoms with Crippen LogP contribution in [0.3, 0.4) is 0 Å². The van der Waals surface area contributed by atoms with Gasteiger partial charge in [0.1, 0.15) is 0 Å². The summed E-state index contributed by atoms with van der Waals surface area (Å²) in [5.41, 5.74) is 8.67. The first-order chi connectivity index (χ1) is 14.0. The largest absolute Gasteiger partial charge is 0.343 e. The van der Waals surface area contributed by atoms with Gasteiger partial charge in [0.15, 0.2) is 0 Å². The molecular weight excluding hydrogens is 374 g/mol. The Morgan fingerprint density at radius 1 is 1.10 bits per heavy atom. The lowest BCUT2D eigenvalue weighted by Crippen LogP contribution is -2.05. The molecule has 2 unspecified atom stereocenters. The summed E-state index contributed by atoms with van der Waals surface area (Å²) in [5.74, 6) is 0.671. The molecule has 0 aromatic carbocycles. The SMILES string of the molecule is CCC(CC)n1cc(C)c2nc(-c3sc(C4=CC5CC5N=C4)cc3C)c(C)cc21. The van der Waals surface area contributed by atoms with Gasteiger partial charge in [0.05, 0.1) is 27.6 Å². The molecule has 0 saturated heterocycles. The molecule has 150 valence electrons. The second-order valence-corrected chi connectivity index (χ2v) is 9.75. The van der Waals surface area contributed by atoms with E-state index in [1.165, 1.54) is 44.0 Å². The Kier molecular flexibility index (Phi) is 4.50. The minimum atomic E-state index is 0.539. The van der Waals surface area contributed by atoms with Crippen molar-refractivity contribution in [3.8, 4) is 10.6 Å². The molecule has 1 fully saturated rings. The Hall–Kier alpha value is -2.20. The molecule has 3 aromatic heterocycles. The summed E-state index contributed by atoms with van der Waals surface area (Å²) < 4.78 is 2.44. The maximum Gasteiger partial charge on any atom is 0.0918 e. The summed E-state index contributed by atoms with van der Waals surface area (Å²) in [7, 11) is 0. The molecule has 3 aromatic rings. The van der Waals surface area contributed by atoms with Gasteiger partial charge in [-0.05, 0) is 68.9 Å². The van der Waals surface area contributed by atoms with Crippen molar-refractivity contribution in [3.63, 3.8) is 0 Å². The molecule has 1 saturated carbocycles. The maximum absolute atomic E-state index is 5.20. The van der Waals surface area contributed by atoms with Crippen molar-refractivity contribution in [1.29, 1.82) is 0 Å². The molecule has 2 atom stereocenters. The van der Waals surface area contributed by atoms with Crippen LogP contribution in [0.5, 0.6) is 0 Å². The Labute approximate surface area is 177 Å². The monoisotopic (exact) mass is 403 g/mol. The van der Waals surface area contributed by atoms with Gasteiger partial charge in [-0.15, -0.1) is 11.3 Å². The number of thiophene rings is 1. The van der Waals surface area contributed by atoms with Crippen LogP contribution in [0, 0.1) is 26.7 Å². The minimum absolute atomic E-state index is 0.539. The van der Waals surface area contributed by atoms with Crippen molar-refractivity contribution >= 4 is 34.2 Å². The van der Waals surface area contributed by atoms with Crippen molar-refractivity contribution in [1.82, 2.24) is 9.55 Å². The van der Waals surface area contributed by atoms with E-state index in [0.29, 0.717) is 18.0 Å². The lowest BCUT2D eigenvalue weighted by Gasteiger charge is -2.16. The molecule has 1 aliphatic carbocycles. The molecule has 0 amide bonds. The zero-order valence-corrected chi connectivity index (χ0v) is 18.8. The van der Waals surface area contributed by atoms with Crippen LogP contribution >= 0.6 is 11.3 Å². The molecule has 5 rings (SSSR count). The number of aliphatic imine (C=N–C) groups is 1. The fraction of sp³-hybridized carbons (Fsp3) is 0.440. The van der Waals surface area contributed by atoms with Crippen molar-refractivity contribution in [2.45, 2.75) is 66.0 Å². The molecule has 0 bridgehead atoms. The van der Waals surface area contributed by atoms with Crippen molar-refractivity contribution in [2.24, 2.45) is 10.9 Å². The molecule has 1 aliphatic heterocycles. The van der Waals surface area contributed by atoms with E-state index < -0.39 is 0 Å². The van der Waals surface area contributed by atoms with Crippen molar-refractivity contribution < 1.29 is 0 Å². The van der Waals surface area contributed by atoms with Gasteiger partial charge in [0.2, 0.25) is 0 Å². The topological polar surface area (TPSA) is 30.2 Å². The van der Waals surface area contributed by atoms with E-state index >= 15 is 0 Å². The molecule has 29 heavy (non-hydrogen) atoms. The summed E-state index contributed by atoms with van der Waals surface area (Å²) in [4.78, 5) is 12.5. The number of allylic oxidation sites excluding steroid dienone is 1. The average Bonchev–Trinajstić information content (AvgIpc) is 3.30. The zero-order chi connectivity index (χ0) is 20.3. The lowest BCUT2D eigenvalue weighted by molar-refractivity contribution is 0.485. The van der Waals surface area contributed by atoms with Gasteiger partial charge >= 0.3 is 0 Å². The Bertz CT molecular complexity index is 1160. The highest BCUT2D eigenvalue weighted by molar-refractivity contribution is 7.17. The fourth-order valence-electron chi connectivity index (χ4n) is 4.65. The predicted molar refractivity (Wildman–Crippen MR) is 125 cm³/mol. The fourth-order valence-corrected chi connectivity index (χ4v) is 5.86. The summed E-state index contributed by atoms with van der Waals surface area (Å²) in [6.07, 6.45) is 10.3. The van der Waals surface area contributed by atoms with E-state index in [-0.39, 0.29) is 0 Å². The van der Waals surface area contributed by atoms with Crippen molar-refractivity contribution in [3.05, 3.63) is 46.0 Å². The van der Waals surface area contributed by atoms with Gasteiger partial charge in [0, 0.05) is 34.8 Å². The number of nitrogens with zero attached hydrogens (tertiary/aromatic N) is 3. The number of fused-ring (bicyclic) bond motifs is 2. The van der Waals surface area contributed by atoms with E-state index in [9.17, 15) is 0 Å².